The van der Waals surface area contributed by atoms with Gasteiger partial charge in [-0.1, -0.05) is 19.8 Å². The van der Waals surface area contributed by atoms with Crippen molar-refractivity contribution in [1.82, 2.24) is 5.32 Å². The van der Waals surface area contributed by atoms with Crippen LogP contribution in [0.5, 0.6) is 5.75 Å². The fraction of sp³-hybridized carbons (Fsp3) is 0.476. The summed E-state index contributed by atoms with van der Waals surface area (Å²) in [5.74, 6) is 1.24. The van der Waals surface area contributed by atoms with Gasteiger partial charge in [0.1, 0.15) is 11.3 Å². The first-order valence-corrected chi connectivity index (χ1v) is 9.04. The Labute approximate surface area is 149 Å². The molecule has 1 aromatic heterocycles. The summed E-state index contributed by atoms with van der Waals surface area (Å²) in [6.07, 6.45) is 8.15. The van der Waals surface area contributed by atoms with Gasteiger partial charge in [0, 0.05) is 29.1 Å². The molecule has 2 aromatic rings. The van der Waals surface area contributed by atoms with Crippen molar-refractivity contribution in [2.45, 2.75) is 52.5 Å². The highest BCUT2D eigenvalue weighted by Gasteiger charge is 2.22. The van der Waals surface area contributed by atoms with Crippen molar-refractivity contribution in [2.75, 3.05) is 7.11 Å². The van der Waals surface area contributed by atoms with E-state index >= 15 is 0 Å². The van der Waals surface area contributed by atoms with E-state index in [1.165, 1.54) is 19.3 Å². The Morgan fingerprint density at radius 1 is 1.32 bits per heavy atom. The van der Waals surface area contributed by atoms with E-state index in [-0.39, 0.29) is 11.9 Å². The van der Waals surface area contributed by atoms with Gasteiger partial charge in [-0.2, -0.15) is 0 Å². The average Bonchev–Trinajstić information content (AvgIpc) is 2.96. The van der Waals surface area contributed by atoms with E-state index in [1.54, 1.807) is 19.4 Å². The predicted octanol–water partition coefficient (Wildman–Crippen LogP) is 4.85. The second-order valence-electron chi connectivity index (χ2n) is 7.17. The van der Waals surface area contributed by atoms with E-state index < -0.39 is 0 Å². The Morgan fingerprint density at radius 3 is 2.80 bits per heavy atom. The summed E-state index contributed by atoms with van der Waals surface area (Å²) in [5.41, 5.74) is 3.69. The van der Waals surface area contributed by atoms with Crippen LogP contribution in [0.15, 0.2) is 28.9 Å². The number of fused-ring (bicyclic) bond motifs is 1. The zero-order valence-electron chi connectivity index (χ0n) is 15.5. The van der Waals surface area contributed by atoms with Crippen LogP contribution in [0, 0.1) is 12.8 Å². The van der Waals surface area contributed by atoms with Crippen molar-refractivity contribution in [3.05, 3.63) is 35.6 Å². The van der Waals surface area contributed by atoms with Crippen LogP contribution in [-0.2, 0) is 4.79 Å². The maximum atomic E-state index is 12.5. The van der Waals surface area contributed by atoms with Gasteiger partial charge in [-0.25, -0.2) is 0 Å². The van der Waals surface area contributed by atoms with Gasteiger partial charge >= 0.3 is 0 Å². The van der Waals surface area contributed by atoms with E-state index in [0.29, 0.717) is 5.92 Å². The number of aryl methyl sites for hydroxylation is 1. The summed E-state index contributed by atoms with van der Waals surface area (Å²) in [4.78, 5) is 12.5. The predicted molar refractivity (Wildman–Crippen MR) is 101 cm³/mol. The van der Waals surface area contributed by atoms with Crippen molar-refractivity contribution in [3.8, 4) is 5.75 Å². The van der Waals surface area contributed by atoms with Gasteiger partial charge in [-0.3, -0.25) is 4.79 Å². The van der Waals surface area contributed by atoms with Crippen molar-refractivity contribution in [3.63, 3.8) is 0 Å². The molecule has 25 heavy (non-hydrogen) atoms. The topological polar surface area (TPSA) is 51.5 Å². The first-order valence-electron chi connectivity index (χ1n) is 9.04. The van der Waals surface area contributed by atoms with Crippen molar-refractivity contribution < 1.29 is 13.9 Å². The summed E-state index contributed by atoms with van der Waals surface area (Å²) in [6, 6.07) is 4.21. The number of allylic oxidation sites excluding steroid dienone is 1. The smallest absolute Gasteiger partial charge is 0.244 e. The third-order valence-electron chi connectivity index (χ3n) is 5.30. The van der Waals surface area contributed by atoms with Crippen molar-refractivity contribution >= 4 is 22.4 Å². The number of hydrogen-bond donors (Lipinski definition) is 1. The molecule has 1 amide bonds. The number of furan rings is 1. The van der Waals surface area contributed by atoms with Gasteiger partial charge < -0.3 is 14.5 Å². The number of rotatable bonds is 4. The van der Waals surface area contributed by atoms with Crippen LogP contribution in [0.25, 0.3) is 16.5 Å². The van der Waals surface area contributed by atoms with Crippen molar-refractivity contribution in [2.24, 2.45) is 5.92 Å². The normalized spacial score (nSPS) is 21.4. The third kappa shape index (κ3) is 3.73. The first kappa shape index (κ1) is 17.6. The highest BCUT2D eigenvalue weighted by molar-refractivity contribution is 5.97. The molecule has 0 saturated heterocycles. The minimum atomic E-state index is -0.0256. The Morgan fingerprint density at radius 2 is 2.08 bits per heavy atom. The molecule has 4 nitrogen and oxygen atoms in total. The molecule has 2 atom stereocenters. The van der Waals surface area contributed by atoms with Crippen LogP contribution in [-0.4, -0.2) is 19.1 Å². The molecule has 1 aliphatic rings. The highest BCUT2D eigenvalue weighted by atomic mass is 16.5. The number of benzene rings is 1. The average molecular weight is 341 g/mol. The van der Waals surface area contributed by atoms with Gasteiger partial charge in [0.2, 0.25) is 5.91 Å². The number of carbonyl (C=O) groups is 1. The molecule has 0 spiro atoms. The molecule has 0 radical (unpaired) electrons. The third-order valence-corrected chi connectivity index (χ3v) is 5.30. The molecule has 2 unspecified atom stereocenters. The van der Waals surface area contributed by atoms with Crippen LogP contribution in [0.3, 0.4) is 0 Å². The van der Waals surface area contributed by atoms with Crippen LogP contribution in [0.1, 0.15) is 50.7 Å². The fourth-order valence-electron chi connectivity index (χ4n) is 3.69. The summed E-state index contributed by atoms with van der Waals surface area (Å²) in [5, 5.41) is 4.22. The zero-order valence-corrected chi connectivity index (χ0v) is 15.5. The standard InChI is InChI=1S/C21H27NO3/c1-13-7-5-6-8-18(13)22-21(23)9-14(2)16-10-17-15(3)12-25-20(17)11-19(16)24-4/h9-13,18H,5-8H2,1-4H3,(H,22,23)/b14-9+. The molecule has 4 heteroatoms. The zero-order chi connectivity index (χ0) is 18.0. The summed E-state index contributed by atoms with van der Waals surface area (Å²) in [6.45, 7) is 6.18. The summed E-state index contributed by atoms with van der Waals surface area (Å²) in [7, 11) is 1.64. The monoisotopic (exact) mass is 341 g/mol. The Kier molecular flexibility index (Phi) is 5.16. The SMILES string of the molecule is COc1cc2occ(C)c2cc1/C(C)=C/C(=O)NC1CCCCC1C. The molecular formula is C21H27NO3. The number of nitrogens with one attached hydrogen (secondary N) is 1. The van der Waals surface area contributed by atoms with Crippen LogP contribution in [0.2, 0.25) is 0 Å². The minimum absolute atomic E-state index is 0.0256. The lowest BCUT2D eigenvalue weighted by Crippen LogP contribution is -2.40. The van der Waals surface area contributed by atoms with Gasteiger partial charge in [0.15, 0.2) is 0 Å². The van der Waals surface area contributed by atoms with Gasteiger partial charge in [0.05, 0.1) is 13.4 Å². The minimum Gasteiger partial charge on any atom is -0.496 e. The van der Waals surface area contributed by atoms with Gasteiger partial charge in [-0.05, 0) is 49.8 Å². The fourth-order valence-corrected chi connectivity index (χ4v) is 3.69. The van der Waals surface area contributed by atoms with E-state index in [9.17, 15) is 4.79 Å². The number of ether oxygens (including phenoxy) is 1. The Hall–Kier alpha value is -2.23. The van der Waals surface area contributed by atoms with Gasteiger partial charge in [-0.15, -0.1) is 0 Å². The molecule has 0 aliphatic heterocycles. The molecule has 134 valence electrons. The lowest BCUT2D eigenvalue weighted by molar-refractivity contribution is -0.117. The number of amides is 1. The quantitative estimate of drug-likeness (QED) is 0.809. The van der Waals surface area contributed by atoms with Crippen LogP contribution >= 0.6 is 0 Å². The molecular weight excluding hydrogens is 314 g/mol. The lowest BCUT2D eigenvalue weighted by Gasteiger charge is -2.29. The van der Waals surface area contributed by atoms with Crippen LogP contribution in [0.4, 0.5) is 0 Å². The van der Waals surface area contributed by atoms with Gasteiger partial charge in [0.25, 0.3) is 0 Å². The van der Waals surface area contributed by atoms with E-state index in [0.717, 1.165) is 39.8 Å². The highest BCUT2D eigenvalue weighted by Crippen LogP contribution is 2.33. The second-order valence-corrected chi connectivity index (χ2v) is 7.17. The molecule has 1 aliphatic carbocycles. The maximum Gasteiger partial charge on any atom is 0.244 e. The van der Waals surface area contributed by atoms with E-state index in [2.05, 4.69) is 12.2 Å². The van der Waals surface area contributed by atoms with Crippen molar-refractivity contribution in [1.29, 1.82) is 0 Å². The molecule has 1 heterocycles. The largest absolute Gasteiger partial charge is 0.496 e. The lowest BCUT2D eigenvalue weighted by atomic mass is 9.86. The number of carbonyl (C=O) groups excluding carboxylic acids is 1. The first-order chi connectivity index (χ1) is 12.0. The number of methoxy groups -OCH3 is 1. The molecule has 1 N–H and O–H groups in total. The van der Waals surface area contributed by atoms with E-state index in [1.807, 2.05) is 26.0 Å². The molecule has 1 saturated carbocycles. The van der Waals surface area contributed by atoms with Crippen LogP contribution < -0.4 is 10.1 Å². The molecule has 0 bridgehead atoms. The second kappa shape index (κ2) is 7.34. The molecule has 1 fully saturated rings. The Bertz CT molecular complexity index is 803. The summed E-state index contributed by atoms with van der Waals surface area (Å²) >= 11 is 0. The molecule has 1 aromatic carbocycles. The van der Waals surface area contributed by atoms with E-state index in [4.69, 9.17) is 9.15 Å². The number of hydrogen-bond acceptors (Lipinski definition) is 3. The maximum absolute atomic E-state index is 12.5. The summed E-state index contributed by atoms with van der Waals surface area (Å²) < 4.78 is 11.0. The Balaban J connectivity index is 1.84. The molecule has 3 rings (SSSR count).